The van der Waals surface area contributed by atoms with Crippen LogP contribution in [0.1, 0.15) is 56.1 Å². The van der Waals surface area contributed by atoms with Crippen LogP contribution in [0.3, 0.4) is 0 Å². The van der Waals surface area contributed by atoms with Gasteiger partial charge in [-0.05, 0) is 42.8 Å². The number of piperidine rings is 1. The molecule has 174 valence electrons. The average molecular weight is 466 g/mol. The van der Waals surface area contributed by atoms with E-state index in [0.717, 1.165) is 36.2 Å². The van der Waals surface area contributed by atoms with Crippen LogP contribution in [0.15, 0.2) is 47.8 Å². The summed E-state index contributed by atoms with van der Waals surface area (Å²) in [6.07, 6.45) is 6.11. The number of para-hydroxylation sites is 1. The number of nitrogens with zero attached hydrogens (tertiary/aromatic N) is 4. The summed E-state index contributed by atoms with van der Waals surface area (Å²) in [4.78, 5) is 33.3. The lowest BCUT2D eigenvalue weighted by molar-refractivity contribution is -0.126. The van der Waals surface area contributed by atoms with Gasteiger partial charge < -0.3 is 10.2 Å². The first-order valence-corrected chi connectivity index (χ1v) is 12.7. The largest absolute Gasteiger partial charge is 0.356 e. The van der Waals surface area contributed by atoms with Gasteiger partial charge in [0.2, 0.25) is 11.7 Å². The van der Waals surface area contributed by atoms with E-state index in [0.29, 0.717) is 25.5 Å². The van der Waals surface area contributed by atoms with E-state index < -0.39 is 0 Å². The van der Waals surface area contributed by atoms with E-state index >= 15 is 0 Å². The molecule has 1 aliphatic heterocycles. The quantitative estimate of drug-likeness (QED) is 0.470. The van der Waals surface area contributed by atoms with Gasteiger partial charge in [-0.1, -0.05) is 50.5 Å². The first-order valence-electron chi connectivity index (χ1n) is 11.8. The molecule has 1 aromatic carbocycles. The number of hydrogen-bond donors (Lipinski definition) is 1. The topological polar surface area (TPSA) is 80.1 Å². The Kier molecular flexibility index (Phi) is 7.88. The fraction of sp³-hybridized carbons (Fsp3) is 0.440. The zero-order valence-electron chi connectivity index (χ0n) is 19.1. The highest BCUT2D eigenvalue weighted by Crippen LogP contribution is 2.26. The Morgan fingerprint density at radius 2 is 1.97 bits per heavy atom. The third-order valence-corrected chi connectivity index (χ3v) is 6.82. The van der Waals surface area contributed by atoms with Crippen LogP contribution in [0.2, 0.25) is 0 Å². The molecule has 0 aliphatic carbocycles. The summed E-state index contributed by atoms with van der Waals surface area (Å²) in [7, 11) is 0. The lowest BCUT2D eigenvalue weighted by atomic mass is 9.97. The monoisotopic (exact) mass is 465 g/mol. The number of amides is 2. The number of carbonyl (C=O) groups excluding carboxylic acids is 2. The van der Waals surface area contributed by atoms with Crippen molar-refractivity contribution in [3.8, 4) is 16.4 Å². The zero-order valence-corrected chi connectivity index (χ0v) is 19.9. The number of rotatable bonds is 9. The van der Waals surface area contributed by atoms with Gasteiger partial charge in [0.1, 0.15) is 0 Å². The molecule has 3 aromatic rings. The second-order valence-corrected chi connectivity index (χ2v) is 9.37. The highest BCUT2D eigenvalue weighted by molar-refractivity contribution is 7.13. The summed E-state index contributed by atoms with van der Waals surface area (Å²) < 4.78 is 1.73. The molecule has 33 heavy (non-hydrogen) atoms. The van der Waals surface area contributed by atoms with Crippen LogP contribution in [0.5, 0.6) is 0 Å². The van der Waals surface area contributed by atoms with Crippen molar-refractivity contribution in [2.24, 2.45) is 5.92 Å². The predicted molar refractivity (Wildman–Crippen MR) is 130 cm³/mol. The number of likely N-dealkylation sites (tertiary alicyclic amines) is 1. The molecule has 3 heterocycles. The molecule has 8 heteroatoms. The van der Waals surface area contributed by atoms with E-state index in [2.05, 4.69) is 22.3 Å². The number of unbranched alkanes of at least 4 members (excludes halogenated alkanes) is 3. The van der Waals surface area contributed by atoms with Crippen molar-refractivity contribution in [2.75, 3.05) is 19.6 Å². The molecule has 0 bridgehead atoms. The normalized spacial score (nSPS) is 16.0. The van der Waals surface area contributed by atoms with Gasteiger partial charge in [0.15, 0.2) is 5.82 Å². The molecule has 2 aromatic heterocycles. The summed E-state index contributed by atoms with van der Waals surface area (Å²) in [6.45, 7) is 3.91. The lowest BCUT2D eigenvalue weighted by Gasteiger charge is -2.31. The summed E-state index contributed by atoms with van der Waals surface area (Å²) in [5.41, 5.74) is 0.853. The van der Waals surface area contributed by atoms with Gasteiger partial charge >= 0.3 is 0 Å². The van der Waals surface area contributed by atoms with Crippen molar-refractivity contribution in [3.63, 3.8) is 0 Å². The van der Waals surface area contributed by atoms with Gasteiger partial charge in [0.25, 0.3) is 5.91 Å². The second-order valence-electron chi connectivity index (χ2n) is 8.43. The van der Waals surface area contributed by atoms with E-state index in [1.165, 1.54) is 12.8 Å². The van der Waals surface area contributed by atoms with E-state index in [1.807, 2.05) is 47.8 Å². The van der Waals surface area contributed by atoms with Crippen molar-refractivity contribution in [2.45, 2.75) is 45.4 Å². The van der Waals surface area contributed by atoms with E-state index in [1.54, 1.807) is 20.9 Å². The lowest BCUT2D eigenvalue weighted by Crippen LogP contribution is -2.45. The molecular formula is C25H31N5O2S. The van der Waals surface area contributed by atoms with E-state index in [4.69, 9.17) is 0 Å². The Bertz CT molecular complexity index is 1050. The number of thiophene rings is 1. The van der Waals surface area contributed by atoms with Crippen LogP contribution < -0.4 is 5.32 Å². The summed E-state index contributed by atoms with van der Waals surface area (Å²) in [6, 6.07) is 13.6. The standard InChI is InChI=1S/C25H31N5O2S/c1-2-3-4-8-15-26-24(31)19-11-9-16-29(18-19)25(32)22-27-23(21-14-10-17-33-21)30(28-22)20-12-6-5-7-13-20/h5-7,10,12-14,17,19H,2-4,8-9,11,15-16,18H2,1H3,(H,26,31). The minimum atomic E-state index is -0.220. The molecule has 1 saturated heterocycles. The Morgan fingerprint density at radius 3 is 2.73 bits per heavy atom. The van der Waals surface area contributed by atoms with Crippen LogP contribution >= 0.6 is 11.3 Å². The SMILES string of the molecule is CCCCCCNC(=O)C1CCCN(C(=O)c2nc(-c3cccs3)n(-c3ccccc3)n2)C1. The maximum Gasteiger partial charge on any atom is 0.293 e. The van der Waals surface area contributed by atoms with Gasteiger partial charge in [-0.2, -0.15) is 0 Å². The van der Waals surface area contributed by atoms with Gasteiger partial charge in [0, 0.05) is 19.6 Å². The molecule has 4 rings (SSSR count). The highest BCUT2D eigenvalue weighted by atomic mass is 32.1. The number of benzene rings is 1. The fourth-order valence-corrected chi connectivity index (χ4v) is 4.84. The molecule has 1 fully saturated rings. The fourth-order valence-electron chi connectivity index (χ4n) is 4.14. The highest BCUT2D eigenvalue weighted by Gasteiger charge is 2.31. The smallest absolute Gasteiger partial charge is 0.293 e. The summed E-state index contributed by atoms with van der Waals surface area (Å²) >= 11 is 1.56. The van der Waals surface area contributed by atoms with Gasteiger partial charge in [-0.15, -0.1) is 16.4 Å². The van der Waals surface area contributed by atoms with Crippen molar-refractivity contribution < 1.29 is 9.59 Å². The predicted octanol–water partition coefficient (Wildman–Crippen LogP) is 4.54. The van der Waals surface area contributed by atoms with Crippen molar-refractivity contribution in [1.29, 1.82) is 0 Å². The van der Waals surface area contributed by atoms with Crippen LogP contribution in [0.4, 0.5) is 0 Å². The Labute approximate surface area is 198 Å². The molecule has 7 nitrogen and oxygen atoms in total. The van der Waals surface area contributed by atoms with Crippen LogP contribution in [0, 0.1) is 5.92 Å². The van der Waals surface area contributed by atoms with Crippen molar-refractivity contribution >= 4 is 23.2 Å². The third-order valence-electron chi connectivity index (χ3n) is 5.95. The van der Waals surface area contributed by atoms with Crippen LogP contribution in [-0.4, -0.2) is 51.1 Å². The Balaban J connectivity index is 1.47. The maximum absolute atomic E-state index is 13.3. The molecule has 1 atom stereocenters. The van der Waals surface area contributed by atoms with E-state index in [-0.39, 0.29) is 23.6 Å². The van der Waals surface area contributed by atoms with Crippen molar-refractivity contribution in [3.05, 3.63) is 53.7 Å². The van der Waals surface area contributed by atoms with Gasteiger partial charge in [-0.25, -0.2) is 9.67 Å². The van der Waals surface area contributed by atoms with Gasteiger partial charge in [-0.3, -0.25) is 9.59 Å². The number of aromatic nitrogens is 3. The van der Waals surface area contributed by atoms with Crippen molar-refractivity contribution in [1.82, 2.24) is 25.0 Å². The van der Waals surface area contributed by atoms with Gasteiger partial charge in [0.05, 0.1) is 16.5 Å². The maximum atomic E-state index is 13.3. The number of carbonyl (C=O) groups is 2. The second kappa shape index (κ2) is 11.2. The average Bonchev–Trinajstić information content (AvgIpc) is 3.54. The van der Waals surface area contributed by atoms with Crippen LogP contribution in [0.25, 0.3) is 16.4 Å². The molecule has 0 radical (unpaired) electrons. The molecule has 1 N–H and O–H groups in total. The molecule has 0 spiro atoms. The minimum absolute atomic E-state index is 0.0473. The zero-order chi connectivity index (χ0) is 23.0. The van der Waals surface area contributed by atoms with Crippen LogP contribution in [-0.2, 0) is 4.79 Å². The molecule has 0 saturated carbocycles. The molecule has 1 aliphatic rings. The minimum Gasteiger partial charge on any atom is -0.356 e. The molecule has 2 amide bonds. The summed E-state index contributed by atoms with van der Waals surface area (Å²) in [5.74, 6) is 0.469. The summed E-state index contributed by atoms with van der Waals surface area (Å²) in [5, 5.41) is 9.62. The Morgan fingerprint density at radius 1 is 1.12 bits per heavy atom. The Hall–Kier alpha value is -3.00. The van der Waals surface area contributed by atoms with E-state index in [9.17, 15) is 9.59 Å². The first-order chi connectivity index (χ1) is 16.2. The first kappa shape index (κ1) is 23.2. The third kappa shape index (κ3) is 5.68. The molecule has 1 unspecified atom stereocenters. The number of nitrogens with one attached hydrogen (secondary N) is 1. The number of hydrogen-bond acceptors (Lipinski definition) is 5. The molecular weight excluding hydrogens is 434 g/mol.